The molecule has 2 rings (SSSR count). The van der Waals surface area contributed by atoms with Crippen molar-refractivity contribution in [1.29, 1.82) is 0 Å². The lowest BCUT2D eigenvalue weighted by atomic mass is 9.85. The molecule has 0 N–H and O–H groups in total. The summed E-state index contributed by atoms with van der Waals surface area (Å²) in [6, 6.07) is 4.19. The summed E-state index contributed by atoms with van der Waals surface area (Å²) >= 11 is 0. The number of aromatic nitrogens is 1. The topological polar surface area (TPSA) is 12.9 Å². The van der Waals surface area contributed by atoms with Gasteiger partial charge in [0.1, 0.15) is 0 Å². The van der Waals surface area contributed by atoms with E-state index >= 15 is 0 Å². The molecule has 1 radical (unpaired) electrons. The van der Waals surface area contributed by atoms with Crippen LogP contribution in [0.1, 0.15) is 44.1 Å². The lowest BCUT2D eigenvalue weighted by Gasteiger charge is -2.20. The Morgan fingerprint density at radius 1 is 1.27 bits per heavy atom. The van der Waals surface area contributed by atoms with Crippen molar-refractivity contribution in [2.75, 3.05) is 0 Å². The second-order valence-electron chi connectivity index (χ2n) is 4.53. The Labute approximate surface area is 92.9 Å². The molecule has 0 saturated heterocycles. The molecule has 1 fully saturated rings. The molecule has 0 aliphatic heterocycles. The summed E-state index contributed by atoms with van der Waals surface area (Å²) in [5.74, 6) is 0.899. The van der Waals surface area contributed by atoms with Gasteiger partial charge in [-0.05, 0) is 36.8 Å². The number of pyridine rings is 1. The van der Waals surface area contributed by atoms with Crippen molar-refractivity contribution >= 4 is 0 Å². The number of hydrogen-bond donors (Lipinski definition) is 0. The van der Waals surface area contributed by atoms with Crippen LogP contribution in [-0.2, 0) is 6.42 Å². The van der Waals surface area contributed by atoms with Crippen LogP contribution in [0.3, 0.4) is 0 Å². The number of aryl methyl sites for hydroxylation is 1. The predicted octanol–water partition coefficient (Wildman–Crippen LogP) is 3.80. The second kappa shape index (κ2) is 5.89. The monoisotopic (exact) mass is 202 g/mol. The average Bonchev–Trinajstić information content (AvgIpc) is 2.32. The minimum atomic E-state index is 0.899. The van der Waals surface area contributed by atoms with Crippen LogP contribution in [-0.4, -0.2) is 4.98 Å². The zero-order valence-corrected chi connectivity index (χ0v) is 9.36. The van der Waals surface area contributed by atoms with Gasteiger partial charge in [-0.25, -0.2) is 0 Å². The van der Waals surface area contributed by atoms with E-state index < -0.39 is 0 Å². The molecule has 1 aliphatic rings. The first-order valence-electron chi connectivity index (χ1n) is 6.17. The van der Waals surface area contributed by atoms with Gasteiger partial charge < -0.3 is 0 Å². The van der Waals surface area contributed by atoms with Crippen LogP contribution in [0.25, 0.3) is 0 Å². The zero-order chi connectivity index (χ0) is 10.3. The van der Waals surface area contributed by atoms with Gasteiger partial charge in [-0.1, -0.05) is 38.2 Å². The molecule has 1 aliphatic carbocycles. The maximum atomic E-state index is 4.14. The molecular weight excluding hydrogens is 182 g/mol. The molecule has 1 heteroatoms. The largest absolute Gasteiger partial charge is 0.264 e. The highest BCUT2D eigenvalue weighted by molar-refractivity contribution is 5.08. The maximum Gasteiger partial charge on any atom is 0.0299 e. The smallest absolute Gasteiger partial charge is 0.0299 e. The summed E-state index contributed by atoms with van der Waals surface area (Å²) < 4.78 is 0. The Balaban J connectivity index is 1.66. The van der Waals surface area contributed by atoms with Crippen LogP contribution >= 0.6 is 0 Å². The molecule has 0 amide bonds. The molecule has 1 aromatic rings. The predicted molar refractivity (Wildman–Crippen MR) is 63.4 cm³/mol. The Morgan fingerprint density at radius 3 is 2.87 bits per heavy atom. The van der Waals surface area contributed by atoms with Crippen LogP contribution in [0.5, 0.6) is 0 Å². The van der Waals surface area contributed by atoms with Crippen LogP contribution in [0.2, 0.25) is 0 Å². The van der Waals surface area contributed by atoms with Crippen molar-refractivity contribution in [2.45, 2.75) is 44.9 Å². The van der Waals surface area contributed by atoms with Gasteiger partial charge in [0.25, 0.3) is 0 Å². The number of nitrogens with zero attached hydrogens (tertiary/aromatic N) is 1. The highest BCUT2D eigenvalue weighted by Gasteiger charge is 2.12. The first-order valence-corrected chi connectivity index (χ1v) is 6.17. The molecule has 0 atom stereocenters. The molecule has 81 valence electrons. The highest BCUT2D eigenvalue weighted by Crippen LogP contribution is 2.26. The Kier molecular flexibility index (Phi) is 4.19. The Bertz CT molecular complexity index is 262. The normalized spacial score (nSPS) is 17.9. The summed E-state index contributed by atoms with van der Waals surface area (Å²) in [6.07, 6.45) is 15.9. The van der Waals surface area contributed by atoms with Gasteiger partial charge in [0.2, 0.25) is 0 Å². The van der Waals surface area contributed by atoms with Gasteiger partial charge in [0, 0.05) is 12.4 Å². The van der Waals surface area contributed by atoms with Gasteiger partial charge in [0.05, 0.1) is 0 Å². The highest BCUT2D eigenvalue weighted by atomic mass is 14.6. The van der Waals surface area contributed by atoms with Gasteiger partial charge >= 0.3 is 0 Å². The quantitative estimate of drug-likeness (QED) is 0.723. The summed E-state index contributed by atoms with van der Waals surface area (Å²) in [6.45, 7) is 0. The summed E-state index contributed by atoms with van der Waals surface area (Å²) in [5, 5.41) is 0. The minimum absolute atomic E-state index is 0.899. The van der Waals surface area contributed by atoms with E-state index in [1.54, 1.807) is 0 Å². The van der Waals surface area contributed by atoms with E-state index in [9.17, 15) is 0 Å². The second-order valence-corrected chi connectivity index (χ2v) is 4.53. The van der Waals surface area contributed by atoms with Crippen molar-refractivity contribution < 1.29 is 0 Å². The molecule has 1 heterocycles. The van der Waals surface area contributed by atoms with Gasteiger partial charge in [0.15, 0.2) is 0 Å². The van der Waals surface area contributed by atoms with E-state index in [0.29, 0.717) is 0 Å². The standard InChI is InChI=1S/C14H20N/c1-2-6-13(7-3-1)8-4-9-14-10-5-11-15-12-14/h5,8,10-13H,1-4,6-7,9H2. The van der Waals surface area contributed by atoms with E-state index in [1.807, 2.05) is 18.5 Å². The number of rotatable bonds is 4. The van der Waals surface area contributed by atoms with Crippen LogP contribution in [0, 0.1) is 12.3 Å². The Hall–Kier alpha value is -0.850. The molecule has 1 saturated carbocycles. The van der Waals surface area contributed by atoms with Crippen molar-refractivity contribution in [3.05, 3.63) is 36.5 Å². The van der Waals surface area contributed by atoms with E-state index in [0.717, 1.165) is 12.3 Å². The fraction of sp³-hybridized carbons (Fsp3) is 0.571. The third-order valence-corrected chi connectivity index (χ3v) is 3.31. The van der Waals surface area contributed by atoms with E-state index in [-0.39, 0.29) is 0 Å². The number of hydrogen-bond acceptors (Lipinski definition) is 1. The lowest BCUT2D eigenvalue weighted by molar-refractivity contribution is 0.390. The molecule has 1 aromatic heterocycles. The first-order chi connectivity index (χ1) is 7.45. The van der Waals surface area contributed by atoms with E-state index in [4.69, 9.17) is 0 Å². The van der Waals surface area contributed by atoms with Gasteiger partial charge in [-0.2, -0.15) is 0 Å². The lowest BCUT2D eigenvalue weighted by Crippen LogP contribution is -2.07. The summed E-state index contributed by atoms with van der Waals surface area (Å²) in [4.78, 5) is 4.14. The molecule has 0 unspecified atom stereocenters. The molecule has 0 spiro atoms. The summed E-state index contributed by atoms with van der Waals surface area (Å²) in [5.41, 5.74) is 1.37. The van der Waals surface area contributed by atoms with Crippen molar-refractivity contribution in [3.63, 3.8) is 0 Å². The molecule has 0 aromatic carbocycles. The van der Waals surface area contributed by atoms with E-state index in [2.05, 4.69) is 17.5 Å². The van der Waals surface area contributed by atoms with Gasteiger partial charge in [-0.15, -0.1) is 0 Å². The molecule has 0 bridgehead atoms. The fourth-order valence-electron chi connectivity index (χ4n) is 2.40. The van der Waals surface area contributed by atoms with Crippen molar-refractivity contribution in [3.8, 4) is 0 Å². The molecule has 15 heavy (non-hydrogen) atoms. The average molecular weight is 202 g/mol. The van der Waals surface area contributed by atoms with Crippen molar-refractivity contribution in [2.24, 2.45) is 5.92 Å². The SMILES string of the molecule is [CH](CCc1cccnc1)C1CCCCC1. The third kappa shape index (κ3) is 3.65. The van der Waals surface area contributed by atoms with Crippen LogP contribution < -0.4 is 0 Å². The maximum absolute atomic E-state index is 4.14. The van der Waals surface area contributed by atoms with Crippen LogP contribution in [0.15, 0.2) is 24.5 Å². The van der Waals surface area contributed by atoms with Gasteiger partial charge in [-0.3, -0.25) is 4.98 Å². The first kappa shape index (κ1) is 10.7. The van der Waals surface area contributed by atoms with Crippen molar-refractivity contribution in [1.82, 2.24) is 4.98 Å². The fourth-order valence-corrected chi connectivity index (χ4v) is 2.40. The molecule has 1 nitrogen and oxygen atoms in total. The van der Waals surface area contributed by atoms with E-state index in [1.165, 1.54) is 44.1 Å². The third-order valence-electron chi connectivity index (χ3n) is 3.31. The minimum Gasteiger partial charge on any atom is -0.264 e. The summed E-state index contributed by atoms with van der Waals surface area (Å²) in [7, 11) is 0. The molecular formula is C14H20N. The zero-order valence-electron chi connectivity index (χ0n) is 9.36. The Morgan fingerprint density at radius 2 is 2.13 bits per heavy atom. The van der Waals surface area contributed by atoms with Crippen LogP contribution in [0.4, 0.5) is 0 Å².